The highest BCUT2D eigenvalue weighted by molar-refractivity contribution is 5.59. The lowest BCUT2D eigenvalue weighted by Gasteiger charge is -1.95. The van der Waals surface area contributed by atoms with Gasteiger partial charge < -0.3 is 0 Å². The number of fused-ring (bicyclic) bond motifs is 1. The number of pyridine rings is 1. The fourth-order valence-corrected chi connectivity index (χ4v) is 1.71. The van der Waals surface area contributed by atoms with Crippen molar-refractivity contribution in [3.05, 3.63) is 54.0 Å². The van der Waals surface area contributed by atoms with E-state index in [1.807, 2.05) is 6.07 Å². The molecule has 0 aliphatic heterocycles. The molecule has 2 heterocycles. The molecule has 0 unspecified atom stereocenters. The molecule has 0 radical (unpaired) electrons. The van der Waals surface area contributed by atoms with Crippen LogP contribution in [-0.4, -0.2) is 14.6 Å². The molecule has 0 spiro atoms. The summed E-state index contributed by atoms with van der Waals surface area (Å²) in [5.41, 5.74) is 1.40. The van der Waals surface area contributed by atoms with E-state index >= 15 is 0 Å². The third-order valence-electron chi connectivity index (χ3n) is 2.57. The fourth-order valence-electron chi connectivity index (χ4n) is 1.71. The summed E-state index contributed by atoms with van der Waals surface area (Å²) in [6.45, 7) is 0. The van der Waals surface area contributed by atoms with Gasteiger partial charge in [-0.25, -0.2) is 13.9 Å². The van der Waals surface area contributed by atoms with Crippen LogP contribution in [0.3, 0.4) is 0 Å². The van der Waals surface area contributed by atoms with Crippen LogP contribution in [0.4, 0.5) is 4.39 Å². The zero-order valence-electron chi connectivity index (χ0n) is 9.21. The van der Waals surface area contributed by atoms with Crippen molar-refractivity contribution in [2.75, 3.05) is 0 Å². The van der Waals surface area contributed by atoms with Gasteiger partial charge >= 0.3 is 0 Å². The van der Waals surface area contributed by atoms with E-state index in [0.29, 0.717) is 22.6 Å². The van der Waals surface area contributed by atoms with Crippen LogP contribution in [0.2, 0.25) is 0 Å². The number of rotatable bonds is 1. The molecular weight excluding hydrogens is 231 g/mol. The topological polar surface area (TPSA) is 54.0 Å². The van der Waals surface area contributed by atoms with Crippen LogP contribution in [0.15, 0.2) is 42.6 Å². The average molecular weight is 238 g/mol. The minimum atomic E-state index is -0.367. The van der Waals surface area contributed by atoms with E-state index in [0.717, 1.165) is 0 Å². The summed E-state index contributed by atoms with van der Waals surface area (Å²) in [5.74, 6) is -0.0582. The number of hydrogen-bond acceptors (Lipinski definition) is 3. The van der Waals surface area contributed by atoms with Gasteiger partial charge in [-0.3, -0.25) is 0 Å². The molecule has 2 aromatic heterocycles. The summed E-state index contributed by atoms with van der Waals surface area (Å²) >= 11 is 0. The highest BCUT2D eigenvalue weighted by Crippen LogP contribution is 2.19. The molecule has 86 valence electrons. The first-order valence-electron chi connectivity index (χ1n) is 5.29. The highest BCUT2D eigenvalue weighted by Gasteiger charge is 2.10. The van der Waals surface area contributed by atoms with E-state index in [-0.39, 0.29) is 5.82 Å². The van der Waals surface area contributed by atoms with Gasteiger partial charge in [0.15, 0.2) is 11.5 Å². The Morgan fingerprint density at radius 1 is 1.17 bits per heavy atom. The maximum Gasteiger partial charge on any atom is 0.185 e. The Hall–Kier alpha value is -2.74. The van der Waals surface area contributed by atoms with Crippen LogP contribution in [0.5, 0.6) is 0 Å². The highest BCUT2D eigenvalue weighted by atomic mass is 19.1. The van der Waals surface area contributed by atoms with Gasteiger partial charge in [-0.2, -0.15) is 5.26 Å². The summed E-state index contributed by atoms with van der Waals surface area (Å²) in [6.07, 6.45) is 1.56. The molecular formula is C13H7FN4. The van der Waals surface area contributed by atoms with Crippen molar-refractivity contribution in [1.29, 1.82) is 5.26 Å². The smallest absolute Gasteiger partial charge is 0.185 e. The van der Waals surface area contributed by atoms with Gasteiger partial charge in [-0.05, 0) is 24.3 Å². The molecule has 3 aromatic rings. The van der Waals surface area contributed by atoms with Gasteiger partial charge in [-0.1, -0.05) is 12.1 Å². The second kappa shape index (κ2) is 3.93. The van der Waals surface area contributed by atoms with Crippen LogP contribution >= 0.6 is 0 Å². The number of nitriles is 1. The average Bonchev–Trinajstić information content (AvgIpc) is 2.81. The maximum absolute atomic E-state index is 13.6. The standard InChI is InChI=1S/C13H7FN4/c14-11-4-2-1-3-10(11)13-16-12-6-5-9(7-15)8-18(12)17-13/h1-6,8H. The number of nitrogens with zero attached hydrogens (tertiary/aromatic N) is 4. The molecule has 0 fully saturated rings. The predicted molar refractivity (Wildman–Crippen MR) is 63.1 cm³/mol. The summed E-state index contributed by atoms with van der Waals surface area (Å²) in [6, 6.07) is 11.7. The maximum atomic E-state index is 13.6. The summed E-state index contributed by atoms with van der Waals surface area (Å²) in [5, 5.41) is 13.0. The molecule has 3 rings (SSSR count). The number of halogens is 1. The summed E-state index contributed by atoms with van der Waals surface area (Å²) in [7, 11) is 0. The molecule has 0 N–H and O–H groups in total. The number of aromatic nitrogens is 3. The van der Waals surface area contributed by atoms with Gasteiger partial charge in [0.2, 0.25) is 0 Å². The molecule has 0 saturated heterocycles. The van der Waals surface area contributed by atoms with Crippen molar-refractivity contribution >= 4 is 5.65 Å². The van der Waals surface area contributed by atoms with Gasteiger partial charge in [0.05, 0.1) is 11.1 Å². The Bertz CT molecular complexity index is 770. The third kappa shape index (κ3) is 1.60. The van der Waals surface area contributed by atoms with E-state index in [2.05, 4.69) is 10.1 Å². The molecule has 4 nitrogen and oxygen atoms in total. The van der Waals surface area contributed by atoms with Gasteiger partial charge in [-0.15, -0.1) is 5.10 Å². The van der Waals surface area contributed by atoms with E-state index < -0.39 is 0 Å². The Kier molecular flexibility index (Phi) is 2.27. The lowest BCUT2D eigenvalue weighted by molar-refractivity contribution is 0.630. The first-order chi connectivity index (χ1) is 8.78. The summed E-state index contributed by atoms with van der Waals surface area (Å²) < 4.78 is 15.1. The van der Waals surface area contributed by atoms with E-state index in [9.17, 15) is 4.39 Å². The lowest BCUT2D eigenvalue weighted by atomic mass is 10.2. The van der Waals surface area contributed by atoms with Crippen molar-refractivity contribution in [1.82, 2.24) is 14.6 Å². The van der Waals surface area contributed by atoms with E-state index in [1.54, 1.807) is 36.5 Å². The largest absolute Gasteiger partial charge is 0.219 e. The second-order valence-corrected chi connectivity index (χ2v) is 3.75. The van der Waals surface area contributed by atoms with Crippen molar-refractivity contribution in [2.24, 2.45) is 0 Å². The fraction of sp³-hybridized carbons (Fsp3) is 0. The minimum absolute atomic E-state index is 0.309. The van der Waals surface area contributed by atoms with Crippen molar-refractivity contribution < 1.29 is 4.39 Å². The third-order valence-corrected chi connectivity index (χ3v) is 2.57. The normalized spacial score (nSPS) is 10.4. The molecule has 18 heavy (non-hydrogen) atoms. The Balaban J connectivity index is 2.20. The first-order valence-corrected chi connectivity index (χ1v) is 5.29. The van der Waals surface area contributed by atoms with Crippen molar-refractivity contribution in [3.8, 4) is 17.5 Å². The zero-order chi connectivity index (χ0) is 12.5. The Morgan fingerprint density at radius 3 is 2.78 bits per heavy atom. The van der Waals surface area contributed by atoms with Crippen LogP contribution in [-0.2, 0) is 0 Å². The molecule has 0 aliphatic rings. The lowest BCUT2D eigenvalue weighted by Crippen LogP contribution is -1.89. The van der Waals surface area contributed by atoms with Crippen LogP contribution in [0, 0.1) is 17.1 Å². The first kappa shape index (κ1) is 10.4. The SMILES string of the molecule is N#Cc1ccc2nc(-c3ccccc3F)nn2c1. The quantitative estimate of drug-likeness (QED) is 0.654. The molecule has 0 saturated carbocycles. The van der Waals surface area contributed by atoms with Crippen LogP contribution in [0.1, 0.15) is 5.56 Å². The predicted octanol–water partition coefficient (Wildman–Crippen LogP) is 2.41. The molecule has 0 atom stereocenters. The molecule has 5 heteroatoms. The number of hydrogen-bond donors (Lipinski definition) is 0. The molecule has 0 amide bonds. The zero-order valence-corrected chi connectivity index (χ0v) is 9.21. The van der Waals surface area contributed by atoms with Crippen LogP contribution in [0.25, 0.3) is 17.0 Å². The van der Waals surface area contributed by atoms with Crippen LogP contribution < -0.4 is 0 Å². The van der Waals surface area contributed by atoms with Crippen molar-refractivity contribution in [2.45, 2.75) is 0 Å². The van der Waals surface area contributed by atoms with Gasteiger partial charge in [0.25, 0.3) is 0 Å². The molecule has 0 bridgehead atoms. The Labute approximate surface area is 102 Å². The van der Waals surface area contributed by atoms with E-state index in [4.69, 9.17) is 5.26 Å². The monoisotopic (exact) mass is 238 g/mol. The molecule has 1 aromatic carbocycles. The summed E-state index contributed by atoms with van der Waals surface area (Å²) in [4.78, 5) is 4.22. The molecule has 0 aliphatic carbocycles. The van der Waals surface area contributed by atoms with Gasteiger partial charge in [0.1, 0.15) is 11.9 Å². The second-order valence-electron chi connectivity index (χ2n) is 3.75. The Morgan fingerprint density at radius 2 is 2.00 bits per heavy atom. The van der Waals surface area contributed by atoms with Gasteiger partial charge in [0, 0.05) is 6.20 Å². The number of benzene rings is 1. The van der Waals surface area contributed by atoms with Crippen molar-refractivity contribution in [3.63, 3.8) is 0 Å². The van der Waals surface area contributed by atoms with E-state index in [1.165, 1.54) is 10.6 Å². The minimum Gasteiger partial charge on any atom is -0.219 e.